The minimum atomic E-state index is -0.660. The van der Waals surface area contributed by atoms with Crippen LogP contribution in [0.25, 0.3) is 11.0 Å². The van der Waals surface area contributed by atoms with Crippen LogP contribution in [0.5, 0.6) is 0 Å². The summed E-state index contributed by atoms with van der Waals surface area (Å²) in [5.41, 5.74) is 2.34. The number of amides is 1. The standard InChI is InChI=1S/C20H24N4O4S/c1-3-10-28-24-18(25)12-15(19(26)27-2)20(24)6-8-23(9-7-20)13-14-4-5-16-17(11-14)22-29-21-16/h3-5,11,15H,1,6-10,12-13H2,2H3. The highest BCUT2D eigenvalue weighted by Crippen LogP contribution is 2.44. The lowest BCUT2D eigenvalue weighted by Crippen LogP contribution is -2.57. The van der Waals surface area contributed by atoms with Crippen LogP contribution in [0.15, 0.2) is 30.9 Å². The van der Waals surface area contributed by atoms with Gasteiger partial charge < -0.3 is 4.74 Å². The highest BCUT2D eigenvalue weighted by Gasteiger charge is 2.58. The van der Waals surface area contributed by atoms with Gasteiger partial charge in [-0.2, -0.15) is 8.75 Å². The third-order valence-corrected chi connectivity index (χ3v) is 6.47. The van der Waals surface area contributed by atoms with Crippen molar-refractivity contribution in [2.45, 2.75) is 31.3 Å². The maximum Gasteiger partial charge on any atom is 0.311 e. The SMILES string of the molecule is C=CCON1C(=O)CC(C(=O)OC)C12CCN(Cc1ccc3nsnc3c1)CC2. The van der Waals surface area contributed by atoms with Gasteiger partial charge in [0.2, 0.25) is 5.91 Å². The van der Waals surface area contributed by atoms with Gasteiger partial charge in [-0.1, -0.05) is 12.1 Å². The van der Waals surface area contributed by atoms with E-state index in [1.54, 1.807) is 6.08 Å². The summed E-state index contributed by atoms with van der Waals surface area (Å²) in [6.45, 7) is 6.17. The number of nitrogens with zero attached hydrogens (tertiary/aromatic N) is 4. The quantitative estimate of drug-likeness (QED) is 0.527. The Kier molecular flexibility index (Phi) is 5.62. The second-order valence-corrected chi connectivity index (χ2v) is 8.05. The van der Waals surface area contributed by atoms with Crippen LogP contribution in [0.2, 0.25) is 0 Å². The van der Waals surface area contributed by atoms with Crippen molar-refractivity contribution in [3.05, 3.63) is 36.4 Å². The lowest BCUT2D eigenvalue weighted by Gasteiger charge is -2.45. The number of fused-ring (bicyclic) bond motifs is 1. The van der Waals surface area contributed by atoms with E-state index in [0.717, 1.165) is 30.7 Å². The summed E-state index contributed by atoms with van der Waals surface area (Å²) in [5.74, 6) is -1.03. The minimum absolute atomic E-state index is 0.122. The number of hydrogen-bond acceptors (Lipinski definition) is 8. The number of hydrogen-bond donors (Lipinski definition) is 0. The monoisotopic (exact) mass is 416 g/mol. The van der Waals surface area contributed by atoms with Gasteiger partial charge >= 0.3 is 5.97 Å². The first kappa shape index (κ1) is 19.9. The molecule has 1 atom stereocenters. The van der Waals surface area contributed by atoms with Crippen molar-refractivity contribution in [3.8, 4) is 0 Å². The van der Waals surface area contributed by atoms with E-state index in [4.69, 9.17) is 9.57 Å². The van der Waals surface area contributed by atoms with E-state index in [2.05, 4.69) is 32.4 Å². The average molecular weight is 417 g/mol. The number of hydroxylamine groups is 2. The summed E-state index contributed by atoms with van der Waals surface area (Å²) in [4.78, 5) is 33.0. The number of rotatable bonds is 6. The van der Waals surface area contributed by atoms with Gasteiger partial charge in [-0.3, -0.25) is 19.3 Å². The first-order valence-corrected chi connectivity index (χ1v) is 10.4. The molecule has 0 radical (unpaired) electrons. The van der Waals surface area contributed by atoms with E-state index in [-0.39, 0.29) is 24.9 Å². The zero-order chi connectivity index (χ0) is 20.4. The van der Waals surface area contributed by atoms with Gasteiger partial charge in [-0.05, 0) is 30.5 Å². The molecule has 2 aromatic rings. The Hall–Kier alpha value is -2.36. The first-order valence-electron chi connectivity index (χ1n) is 9.65. The number of esters is 1. The predicted octanol–water partition coefficient (Wildman–Crippen LogP) is 2.17. The Morgan fingerprint density at radius 1 is 1.34 bits per heavy atom. The van der Waals surface area contributed by atoms with Gasteiger partial charge in [0.25, 0.3) is 0 Å². The predicted molar refractivity (Wildman–Crippen MR) is 108 cm³/mol. The lowest BCUT2D eigenvalue weighted by atomic mass is 9.77. The third kappa shape index (κ3) is 3.65. The van der Waals surface area contributed by atoms with Crippen LogP contribution in [0.1, 0.15) is 24.8 Å². The Morgan fingerprint density at radius 3 is 2.83 bits per heavy atom. The molecule has 1 unspecified atom stereocenters. The van der Waals surface area contributed by atoms with E-state index in [0.29, 0.717) is 12.8 Å². The number of piperidine rings is 1. The number of methoxy groups -OCH3 is 1. The second-order valence-electron chi connectivity index (χ2n) is 7.52. The summed E-state index contributed by atoms with van der Waals surface area (Å²) < 4.78 is 13.5. The molecular weight excluding hydrogens is 392 g/mol. The van der Waals surface area contributed by atoms with Crippen LogP contribution in [0, 0.1) is 5.92 Å². The van der Waals surface area contributed by atoms with E-state index >= 15 is 0 Å². The van der Waals surface area contributed by atoms with Crippen LogP contribution in [-0.2, 0) is 25.7 Å². The molecule has 0 N–H and O–H groups in total. The van der Waals surface area contributed by atoms with E-state index < -0.39 is 11.5 Å². The molecular formula is C20H24N4O4S. The number of likely N-dealkylation sites (tertiary alicyclic amines) is 1. The van der Waals surface area contributed by atoms with E-state index in [1.807, 2.05) is 6.07 Å². The maximum absolute atomic E-state index is 12.6. The molecule has 154 valence electrons. The number of aromatic nitrogens is 2. The van der Waals surface area contributed by atoms with Crippen molar-refractivity contribution >= 4 is 34.6 Å². The van der Waals surface area contributed by atoms with Crippen molar-refractivity contribution in [3.63, 3.8) is 0 Å². The number of carbonyl (C=O) groups excluding carboxylic acids is 2. The summed E-state index contributed by atoms with van der Waals surface area (Å²) in [5, 5.41) is 1.43. The highest BCUT2D eigenvalue weighted by atomic mass is 32.1. The van der Waals surface area contributed by atoms with Crippen LogP contribution in [0.4, 0.5) is 0 Å². The van der Waals surface area contributed by atoms with Crippen molar-refractivity contribution in [1.29, 1.82) is 0 Å². The fourth-order valence-electron chi connectivity index (χ4n) is 4.44. The largest absolute Gasteiger partial charge is 0.469 e. The molecule has 2 aliphatic rings. The van der Waals surface area contributed by atoms with Crippen LogP contribution < -0.4 is 0 Å². The Morgan fingerprint density at radius 2 is 2.10 bits per heavy atom. The van der Waals surface area contributed by atoms with Gasteiger partial charge in [-0.15, -0.1) is 6.58 Å². The fraction of sp³-hybridized carbons (Fsp3) is 0.500. The molecule has 0 bridgehead atoms. The zero-order valence-corrected chi connectivity index (χ0v) is 17.2. The number of benzene rings is 1. The molecule has 1 aromatic heterocycles. The molecule has 2 aliphatic heterocycles. The Labute approximate surface area is 173 Å². The summed E-state index contributed by atoms with van der Waals surface area (Å²) in [7, 11) is 1.37. The van der Waals surface area contributed by atoms with Crippen LogP contribution >= 0.6 is 11.7 Å². The Balaban J connectivity index is 1.49. The molecule has 0 aliphatic carbocycles. The molecule has 29 heavy (non-hydrogen) atoms. The van der Waals surface area contributed by atoms with Crippen molar-refractivity contribution < 1.29 is 19.2 Å². The normalized spacial score (nSPS) is 21.8. The van der Waals surface area contributed by atoms with Gasteiger partial charge in [0.15, 0.2) is 0 Å². The molecule has 2 fully saturated rings. The minimum Gasteiger partial charge on any atom is -0.469 e. The smallest absolute Gasteiger partial charge is 0.311 e. The van der Waals surface area contributed by atoms with Gasteiger partial charge in [0.05, 0.1) is 36.9 Å². The molecule has 8 nitrogen and oxygen atoms in total. The average Bonchev–Trinajstić information content (AvgIpc) is 3.30. The molecule has 4 rings (SSSR count). The van der Waals surface area contributed by atoms with Crippen LogP contribution in [-0.4, -0.2) is 62.9 Å². The molecule has 0 saturated carbocycles. The third-order valence-electron chi connectivity index (χ3n) is 5.91. The van der Waals surface area contributed by atoms with E-state index in [1.165, 1.54) is 29.5 Å². The van der Waals surface area contributed by atoms with E-state index in [9.17, 15) is 9.59 Å². The summed E-state index contributed by atoms with van der Waals surface area (Å²) >= 11 is 1.22. The molecule has 1 aromatic carbocycles. The maximum atomic E-state index is 12.6. The fourth-order valence-corrected chi connectivity index (χ4v) is 4.96. The highest BCUT2D eigenvalue weighted by molar-refractivity contribution is 7.00. The van der Waals surface area contributed by atoms with Crippen molar-refractivity contribution in [1.82, 2.24) is 18.7 Å². The number of carbonyl (C=O) groups is 2. The van der Waals surface area contributed by atoms with Gasteiger partial charge in [-0.25, -0.2) is 5.06 Å². The zero-order valence-electron chi connectivity index (χ0n) is 16.4. The Bertz CT molecular complexity index is 922. The number of ether oxygens (including phenoxy) is 1. The summed E-state index contributed by atoms with van der Waals surface area (Å²) in [6, 6.07) is 6.14. The summed E-state index contributed by atoms with van der Waals surface area (Å²) in [6.07, 6.45) is 3.02. The van der Waals surface area contributed by atoms with Crippen molar-refractivity contribution in [2.75, 3.05) is 26.8 Å². The topological polar surface area (TPSA) is 84.9 Å². The van der Waals surface area contributed by atoms with Gasteiger partial charge in [0.1, 0.15) is 11.0 Å². The molecule has 2 saturated heterocycles. The van der Waals surface area contributed by atoms with Crippen LogP contribution in [0.3, 0.4) is 0 Å². The first-order chi connectivity index (χ1) is 14.1. The second kappa shape index (κ2) is 8.17. The van der Waals surface area contributed by atoms with Crippen molar-refractivity contribution in [2.24, 2.45) is 5.92 Å². The van der Waals surface area contributed by atoms with Gasteiger partial charge in [0, 0.05) is 26.1 Å². The molecule has 9 heteroatoms. The molecule has 3 heterocycles. The lowest BCUT2D eigenvalue weighted by molar-refractivity contribution is -0.218. The molecule has 1 spiro atoms. The molecule has 1 amide bonds.